The quantitative estimate of drug-likeness (QED) is 0.758. The first-order chi connectivity index (χ1) is 8.66. The van der Waals surface area contributed by atoms with E-state index in [1.165, 1.54) is 12.8 Å². The molecule has 0 spiro atoms. The minimum atomic E-state index is -0.553. The fourth-order valence-electron chi connectivity index (χ4n) is 1.56. The first-order valence-corrected chi connectivity index (χ1v) is 6.01. The molecule has 18 heavy (non-hydrogen) atoms. The molecule has 1 aromatic carbocycles. The summed E-state index contributed by atoms with van der Waals surface area (Å²) in [5.41, 5.74) is -0.0582. The molecular weight excluding hydrogens is 237 g/mol. The van der Waals surface area contributed by atoms with Crippen LogP contribution in [-0.2, 0) is 4.74 Å². The van der Waals surface area contributed by atoms with E-state index in [-0.39, 0.29) is 11.3 Å². The van der Waals surface area contributed by atoms with Crippen LogP contribution in [0.2, 0.25) is 0 Å². The van der Waals surface area contributed by atoms with Gasteiger partial charge in [0, 0.05) is 13.2 Å². The molecule has 0 aromatic heterocycles. The lowest BCUT2D eigenvalue weighted by molar-refractivity contribution is 0.0903. The van der Waals surface area contributed by atoms with Crippen LogP contribution in [0.25, 0.3) is 0 Å². The van der Waals surface area contributed by atoms with E-state index in [4.69, 9.17) is 4.74 Å². The largest absolute Gasteiger partial charge is 0.507 e. The van der Waals surface area contributed by atoms with Gasteiger partial charge in [-0.05, 0) is 37.0 Å². The molecule has 98 valence electrons. The van der Waals surface area contributed by atoms with Crippen LogP contribution in [0.1, 0.15) is 23.2 Å². The van der Waals surface area contributed by atoms with Gasteiger partial charge >= 0.3 is 0 Å². The van der Waals surface area contributed by atoms with Crippen LogP contribution >= 0.6 is 0 Å². The zero-order chi connectivity index (χ0) is 13.0. The predicted octanol–water partition coefficient (Wildman–Crippen LogP) is 1.69. The lowest BCUT2D eigenvalue weighted by atomic mass is 10.2. The Morgan fingerprint density at radius 2 is 2.28 bits per heavy atom. The van der Waals surface area contributed by atoms with Gasteiger partial charge in [-0.25, -0.2) is 4.39 Å². The Hall–Kier alpha value is -1.62. The average molecular weight is 253 g/mol. The van der Waals surface area contributed by atoms with Crippen LogP contribution in [0.5, 0.6) is 5.75 Å². The second-order valence-corrected chi connectivity index (χ2v) is 4.44. The highest BCUT2D eigenvalue weighted by Crippen LogP contribution is 2.28. The van der Waals surface area contributed by atoms with E-state index in [0.29, 0.717) is 19.1 Å². The third kappa shape index (κ3) is 3.70. The van der Waals surface area contributed by atoms with Crippen molar-refractivity contribution in [2.45, 2.75) is 12.8 Å². The van der Waals surface area contributed by atoms with E-state index >= 15 is 0 Å². The molecule has 1 amide bonds. The Bertz CT molecular complexity index is 432. The molecular formula is C13H16FNO3. The molecule has 0 saturated heterocycles. The Kier molecular flexibility index (Phi) is 4.15. The highest BCUT2D eigenvalue weighted by atomic mass is 19.1. The monoisotopic (exact) mass is 253 g/mol. The summed E-state index contributed by atoms with van der Waals surface area (Å²) in [6.45, 7) is 1.51. The highest BCUT2D eigenvalue weighted by molar-refractivity contribution is 5.96. The Morgan fingerprint density at radius 3 is 3.00 bits per heavy atom. The van der Waals surface area contributed by atoms with Crippen LogP contribution in [-0.4, -0.2) is 30.8 Å². The van der Waals surface area contributed by atoms with E-state index in [1.807, 2.05) is 0 Å². The zero-order valence-corrected chi connectivity index (χ0v) is 9.99. The smallest absolute Gasteiger partial charge is 0.255 e. The minimum Gasteiger partial charge on any atom is -0.507 e. The standard InChI is InChI=1S/C13H16FNO3/c14-10-3-4-12(16)11(7-10)13(17)15-5-6-18-8-9-1-2-9/h3-4,7,9,16H,1-2,5-6,8H2,(H,15,17). The second kappa shape index (κ2) is 5.82. The molecule has 0 unspecified atom stereocenters. The van der Waals surface area contributed by atoms with Gasteiger partial charge < -0.3 is 15.2 Å². The summed E-state index contributed by atoms with van der Waals surface area (Å²) in [5.74, 6) is -0.592. The van der Waals surface area contributed by atoms with Gasteiger partial charge in [-0.2, -0.15) is 0 Å². The van der Waals surface area contributed by atoms with Crippen LogP contribution in [0.4, 0.5) is 4.39 Å². The van der Waals surface area contributed by atoms with Crippen molar-refractivity contribution < 1.29 is 19.0 Å². The first-order valence-electron chi connectivity index (χ1n) is 6.01. The number of phenols is 1. The van der Waals surface area contributed by atoms with Gasteiger partial charge in [0.1, 0.15) is 11.6 Å². The van der Waals surface area contributed by atoms with E-state index < -0.39 is 11.7 Å². The Labute approximate surface area is 105 Å². The number of hydrogen-bond donors (Lipinski definition) is 2. The summed E-state index contributed by atoms with van der Waals surface area (Å²) in [6, 6.07) is 3.27. The van der Waals surface area contributed by atoms with Gasteiger partial charge in [0.25, 0.3) is 5.91 Å². The van der Waals surface area contributed by atoms with Crippen molar-refractivity contribution in [3.63, 3.8) is 0 Å². The molecule has 1 fully saturated rings. The predicted molar refractivity (Wildman–Crippen MR) is 63.9 cm³/mol. The van der Waals surface area contributed by atoms with Crippen molar-refractivity contribution in [2.75, 3.05) is 19.8 Å². The fourth-order valence-corrected chi connectivity index (χ4v) is 1.56. The number of benzene rings is 1. The molecule has 0 radical (unpaired) electrons. The lowest BCUT2D eigenvalue weighted by Crippen LogP contribution is -2.27. The van der Waals surface area contributed by atoms with Gasteiger partial charge in [0.2, 0.25) is 0 Å². The highest BCUT2D eigenvalue weighted by Gasteiger charge is 2.21. The lowest BCUT2D eigenvalue weighted by Gasteiger charge is -2.07. The van der Waals surface area contributed by atoms with Crippen LogP contribution in [0.3, 0.4) is 0 Å². The number of hydrogen-bond acceptors (Lipinski definition) is 3. The molecule has 2 N–H and O–H groups in total. The SMILES string of the molecule is O=C(NCCOCC1CC1)c1cc(F)ccc1O. The molecule has 4 nitrogen and oxygen atoms in total. The third-order valence-electron chi connectivity index (χ3n) is 2.79. The van der Waals surface area contributed by atoms with Gasteiger partial charge in [-0.15, -0.1) is 0 Å². The molecule has 0 atom stereocenters. The molecule has 0 aliphatic heterocycles. The summed E-state index contributed by atoms with van der Waals surface area (Å²) in [7, 11) is 0. The molecule has 1 aliphatic rings. The van der Waals surface area contributed by atoms with Crippen molar-refractivity contribution in [1.29, 1.82) is 0 Å². The van der Waals surface area contributed by atoms with E-state index in [9.17, 15) is 14.3 Å². The van der Waals surface area contributed by atoms with Gasteiger partial charge in [0.15, 0.2) is 0 Å². The Morgan fingerprint density at radius 1 is 1.50 bits per heavy atom. The maximum Gasteiger partial charge on any atom is 0.255 e. The number of phenolic OH excluding ortho intramolecular Hbond substituents is 1. The molecule has 1 aliphatic carbocycles. The van der Waals surface area contributed by atoms with E-state index in [2.05, 4.69) is 5.32 Å². The maximum absolute atomic E-state index is 12.9. The minimum absolute atomic E-state index is 0.0582. The maximum atomic E-state index is 12.9. The number of carbonyl (C=O) groups excluding carboxylic acids is 1. The number of halogens is 1. The topological polar surface area (TPSA) is 58.6 Å². The summed E-state index contributed by atoms with van der Waals surface area (Å²) in [4.78, 5) is 11.6. The number of aromatic hydroxyl groups is 1. The molecule has 0 bridgehead atoms. The van der Waals surface area contributed by atoms with Gasteiger partial charge in [-0.1, -0.05) is 0 Å². The summed E-state index contributed by atoms with van der Waals surface area (Å²) in [5, 5.41) is 12.0. The Balaban J connectivity index is 1.74. The number of amides is 1. The molecule has 5 heteroatoms. The molecule has 1 saturated carbocycles. The summed E-state index contributed by atoms with van der Waals surface area (Å²) >= 11 is 0. The molecule has 0 heterocycles. The normalized spacial score (nSPS) is 14.5. The van der Waals surface area contributed by atoms with Gasteiger partial charge in [0.05, 0.1) is 12.2 Å². The third-order valence-corrected chi connectivity index (χ3v) is 2.79. The van der Waals surface area contributed by atoms with Crippen LogP contribution in [0, 0.1) is 11.7 Å². The van der Waals surface area contributed by atoms with E-state index in [0.717, 1.165) is 24.8 Å². The molecule has 1 aromatic rings. The summed E-state index contributed by atoms with van der Waals surface area (Å²) in [6.07, 6.45) is 2.45. The van der Waals surface area contributed by atoms with Gasteiger partial charge in [-0.3, -0.25) is 4.79 Å². The summed E-state index contributed by atoms with van der Waals surface area (Å²) < 4.78 is 18.3. The van der Waals surface area contributed by atoms with E-state index in [1.54, 1.807) is 0 Å². The van der Waals surface area contributed by atoms with Crippen LogP contribution < -0.4 is 5.32 Å². The number of rotatable bonds is 6. The zero-order valence-electron chi connectivity index (χ0n) is 9.99. The number of carbonyl (C=O) groups is 1. The average Bonchev–Trinajstić information content (AvgIpc) is 3.15. The number of ether oxygens (including phenoxy) is 1. The first kappa shape index (κ1) is 12.8. The van der Waals surface area contributed by atoms with Crippen LogP contribution in [0.15, 0.2) is 18.2 Å². The van der Waals surface area contributed by atoms with Crippen molar-refractivity contribution in [3.05, 3.63) is 29.6 Å². The number of nitrogens with one attached hydrogen (secondary N) is 1. The van der Waals surface area contributed by atoms with Crippen molar-refractivity contribution in [3.8, 4) is 5.75 Å². The molecule has 2 rings (SSSR count). The van der Waals surface area contributed by atoms with Crippen molar-refractivity contribution >= 4 is 5.91 Å². The van der Waals surface area contributed by atoms with Crippen molar-refractivity contribution in [1.82, 2.24) is 5.32 Å². The second-order valence-electron chi connectivity index (χ2n) is 4.44. The van der Waals surface area contributed by atoms with Crippen molar-refractivity contribution in [2.24, 2.45) is 5.92 Å². The fraction of sp³-hybridized carbons (Fsp3) is 0.462.